The van der Waals surface area contributed by atoms with Crippen molar-refractivity contribution in [3.63, 3.8) is 0 Å². The molecule has 0 aromatic carbocycles. The Hall–Kier alpha value is -1.53. The van der Waals surface area contributed by atoms with Gasteiger partial charge in [-0.25, -0.2) is 9.97 Å². The predicted octanol–water partition coefficient (Wildman–Crippen LogP) is 3.38. The highest BCUT2D eigenvalue weighted by Crippen LogP contribution is 2.35. The molecule has 2 aromatic rings. The van der Waals surface area contributed by atoms with Gasteiger partial charge in [0.1, 0.15) is 5.69 Å². The van der Waals surface area contributed by atoms with Crippen LogP contribution in [0.1, 0.15) is 10.6 Å². The molecule has 0 N–H and O–H groups in total. The first-order valence-corrected chi connectivity index (χ1v) is 5.94. The molecule has 7 heteroatoms. The molecular weight excluding hydrogens is 262 g/mol. The summed E-state index contributed by atoms with van der Waals surface area (Å²) in [7, 11) is 0. The van der Waals surface area contributed by atoms with Crippen molar-refractivity contribution in [3.8, 4) is 10.6 Å². The smallest absolute Gasteiger partial charge is 0.258 e. The lowest BCUT2D eigenvalue weighted by Gasteiger charge is -2.02. The minimum Gasteiger partial charge on any atom is -0.258 e. The van der Waals surface area contributed by atoms with E-state index in [0.717, 1.165) is 9.75 Å². The van der Waals surface area contributed by atoms with E-state index in [2.05, 4.69) is 9.97 Å². The summed E-state index contributed by atoms with van der Waals surface area (Å²) in [6, 6.07) is 3.68. The lowest BCUT2D eigenvalue weighted by molar-refractivity contribution is -0.385. The third-order valence-corrected chi connectivity index (χ3v) is 3.36. The summed E-state index contributed by atoms with van der Waals surface area (Å²) in [6.45, 7) is 3.48. The maximum Gasteiger partial charge on any atom is 0.317 e. The molecule has 0 saturated heterocycles. The van der Waals surface area contributed by atoms with Gasteiger partial charge >= 0.3 is 5.69 Å². The zero-order valence-corrected chi connectivity index (χ0v) is 10.7. The number of hydrogen-bond donors (Lipinski definition) is 0. The molecule has 0 atom stereocenters. The van der Waals surface area contributed by atoms with Gasteiger partial charge in [0.2, 0.25) is 5.28 Å². The van der Waals surface area contributed by atoms with Crippen molar-refractivity contribution in [2.45, 2.75) is 13.8 Å². The van der Waals surface area contributed by atoms with Crippen LogP contribution in [0.15, 0.2) is 12.1 Å². The normalized spacial score (nSPS) is 10.5. The quantitative estimate of drug-likeness (QED) is 0.476. The van der Waals surface area contributed by atoms with Gasteiger partial charge in [0.05, 0.1) is 9.80 Å². The second-order valence-electron chi connectivity index (χ2n) is 3.44. The molecule has 0 saturated carbocycles. The summed E-state index contributed by atoms with van der Waals surface area (Å²) in [4.78, 5) is 20.1. The summed E-state index contributed by atoms with van der Waals surface area (Å²) in [5.74, 6) is 0. The third kappa shape index (κ3) is 2.27. The molecule has 5 nitrogen and oxygen atoms in total. The topological polar surface area (TPSA) is 68.9 Å². The van der Waals surface area contributed by atoms with Crippen molar-refractivity contribution in [2.24, 2.45) is 0 Å². The highest BCUT2D eigenvalue weighted by Gasteiger charge is 2.23. The molecule has 0 spiro atoms. The molecule has 0 aliphatic heterocycles. The molecule has 88 valence electrons. The zero-order valence-electron chi connectivity index (χ0n) is 9.10. The first kappa shape index (κ1) is 11.9. The summed E-state index contributed by atoms with van der Waals surface area (Å²) >= 11 is 7.18. The van der Waals surface area contributed by atoms with Crippen LogP contribution in [-0.4, -0.2) is 14.9 Å². The van der Waals surface area contributed by atoms with Gasteiger partial charge in [-0.2, -0.15) is 0 Å². The summed E-state index contributed by atoms with van der Waals surface area (Å²) in [6.07, 6.45) is 0. The number of rotatable bonds is 2. The van der Waals surface area contributed by atoms with E-state index in [1.165, 1.54) is 11.3 Å². The van der Waals surface area contributed by atoms with Gasteiger partial charge in [0.25, 0.3) is 0 Å². The molecule has 0 aliphatic rings. The summed E-state index contributed by atoms with van der Waals surface area (Å²) in [5.41, 5.74) is 0.470. The van der Waals surface area contributed by atoms with E-state index >= 15 is 0 Å². The predicted molar refractivity (Wildman–Crippen MR) is 66.5 cm³/mol. The second kappa shape index (κ2) is 4.38. The minimum atomic E-state index is -0.476. The average Bonchev–Trinajstić information content (AvgIpc) is 2.62. The standard InChI is InChI=1S/C10H8ClN3O2S/c1-5-3-4-7(17-5)8-9(14(15)16)6(2)12-10(11)13-8/h3-4H,1-2H3. The number of hydrogen-bond acceptors (Lipinski definition) is 5. The molecule has 0 bridgehead atoms. The second-order valence-corrected chi connectivity index (χ2v) is 5.07. The number of halogens is 1. The highest BCUT2D eigenvalue weighted by molar-refractivity contribution is 7.15. The van der Waals surface area contributed by atoms with Gasteiger partial charge < -0.3 is 0 Å². The van der Waals surface area contributed by atoms with Crippen molar-refractivity contribution < 1.29 is 4.92 Å². The van der Waals surface area contributed by atoms with Gasteiger partial charge in [-0.05, 0) is 37.6 Å². The Morgan fingerprint density at radius 3 is 2.59 bits per heavy atom. The number of thiophene rings is 1. The molecule has 17 heavy (non-hydrogen) atoms. The van der Waals surface area contributed by atoms with Gasteiger partial charge in [-0.15, -0.1) is 11.3 Å². The van der Waals surface area contributed by atoms with Gasteiger partial charge in [0.15, 0.2) is 5.69 Å². The van der Waals surface area contributed by atoms with Crippen LogP contribution in [-0.2, 0) is 0 Å². The van der Waals surface area contributed by atoms with E-state index in [-0.39, 0.29) is 22.4 Å². The van der Waals surface area contributed by atoms with Crippen LogP contribution in [0.3, 0.4) is 0 Å². The van der Waals surface area contributed by atoms with Crippen LogP contribution in [0.2, 0.25) is 5.28 Å². The summed E-state index contributed by atoms with van der Waals surface area (Å²) in [5, 5.41) is 11.0. The largest absolute Gasteiger partial charge is 0.317 e. The fraction of sp³-hybridized carbons (Fsp3) is 0.200. The fourth-order valence-corrected chi connectivity index (χ4v) is 2.55. The van der Waals surface area contributed by atoms with Crippen molar-refractivity contribution in [1.29, 1.82) is 0 Å². The van der Waals surface area contributed by atoms with E-state index in [0.29, 0.717) is 0 Å². The lowest BCUT2D eigenvalue weighted by atomic mass is 10.2. The van der Waals surface area contributed by atoms with Crippen LogP contribution < -0.4 is 0 Å². The molecule has 0 amide bonds. The van der Waals surface area contributed by atoms with E-state index in [1.54, 1.807) is 13.0 Å². The van der Waals surface area contributed by atoms with Crippen LogP contribution in [0.5, 0.6) is 0 Å². The zero-order chi connectivity index (χ0) is 12.6. The maximum atomic E-state index is 11.0. The molecule has 0 unspecified atom stereocenters. The fourth-order valence-electron chi connectivity index (χ4n) is 1.49. The molecular formula is C10H8ClN3O2S. The number of aromatic nitrogens is 2. The molecule has 0 radical (unpaired) electrons. The Labute approximate surface area is 106 Å². The monoisotopic (exact) mass is 269 g/mol. The van der Waals surface area contributed by atoms with Crippen molar-refractivity contribution in [3.05, 3.63) is 38.1 Å². The first-order valence-electron chi connectivity index (χ1n) is 4.74. The van der Waals surface area contributed by atoms with Gasteiger partial charge in [0, 0.05) is 4.88 Å². The SMILES string of the molecule is Cc1ccc(-c2nc(Cl)nc(C)c2[N+](=O)[O-])s1. The minimum absolute atomic E-state index is 0.0224. The lowest BCUT2D eigenvalue weighted by Crippen LogP contribution is -2.00. The Balaban J connectivity index is 2.71. The Bertz CT molecular complexity index is 597. The van der Waals surface area contributed by atoms with Crippen LogP contribution in [0, 0.1) is 24.0 Å². The van der Waals surface area contributed by atoms with Gasteiger partial charge in [-0.3, -0.25) is 10.1 Å². The maximum absolute atomic E-state index is 11.0. The Morgan fingerprint density at radius 1 is 1.35 bits per heavy atom. The number of nitrogens with zero attached hydrogens (tertiary/aromatic N) is 3. The van der Waals surface area contributed by atoms with Crippen LogP contribution in [0.25, 0.3) is 10.6 Å². The summed E-state index contributed by atoms with van der Waals surface area (Å²) < 4.78 is 0. The van der Waals surface area contributed by atoms with Crippen LogP contribution in [0.4, 0.5) is 5.69 Å². The van der Waals surface area contributed by atoms with E-state index in [9.17, 15) is 10.1 Å². The van der Waals surface area contributed by atoms with E-state index in [1.807, 2.05) is 13.0 Å². The molecule has 0 aliphatic carbocycles. The molecule has 0 fully saturated rings. The highest BCUT2D eigenvalue weighted by atomic mass is 35.5. The average molecular weight is 270 g/mol. The Morgan fingerprint density at radius 2 is 2.06 bits per heavy atom. The molecule has 2 rings (SSSR count). The molecule has 2 heterocycles. The number of nitro groups is 1. The van der Waals surface area contributed by atoms with Crippen LogP contribution >= 0.6 is 22.9 Å². The first-order chi connectivity index (χ1) is 7.99. The van der Waals surface area contributed by atoms with Crippen molar-refractivity contribution in [1.82, 2.24) is 9.97 Å². The van der Waals surface area contributed by atoms with E-state index < -0.39 is 4.92 Å². The van der Waals surface area contributed by atoms with Gasteiger partial charge in [-0.1, -0.05) is 0 Å². The molecule has 2 aromatic heterocycles. The van der Waals surface area contributed by atoms with Crippen molar-refractivity contribution >= 4 is 28.6 Å². The number of aryl methyl sites for hydroxylation is 2. The van der Waals surface area contributed by atoms with Crippen molar-refractivity contribution in [2.75, 3.05) is 0 Å². The Kier molecular flexibility index (Phi) is 3.08. The third-order valence-electron chi connectivity index (χ3n) is 2.19. The van der Waals surface area contributed by atoms with E-state index in [4.69, 9.17) is 11.6 Å².